The minimum absolute atomic E-state index is 0.724. The van der Waals surface area contributed by atoms with E-state index in [0.717, 1.165) is 39.0 Å². The summed E-state index contributed by atoms with van der Waals surface area (Å²) in [5, 5.41) is 0. The highest BCUT2D eigenvalue weighted by molar-refractivity contribution is 9.11. The maximum Gasteiger partial charge on any atom is 0.122 e. The molecule has 0 radical (unpaired) electrons. The van der Waals surface area contributed by atoms with Gasteiger partial charge in [-0.05, 0) is 80.1 Å². The Bertz CT molecular complexity index is 599. The molecule has 2 N–H and O–H groups in total. The average molecular weight is 415 g/mol. The molecule has 0 heterocycles. The van der Waals surface area contributed by atoms with Gasteiger partial charge in [0.25, 0.3) is 0 Å². The number of nitrogen functional groups attached to an aromatic ring is 1. The van der Waals surface area contributed by atoms with Crippen LogP contribution in [0.15, 0.2) is 39.3 Å². The van der Waals surface area contributed by atoms with Gasteiger partial charge in [0.1, 0.15) is 11.5 Å². The first kappa shape index (κ1) is 16.2. The van der Waals surface area contributed by atoms with E-state index in [1.165, 1.54) is 11.1 Å². The highest BCUT2D eigenvalue weighted by Crippen LogP contribution is 2.30. The lowest BCUT2D eigenvalue weighted by atomic mass is 10.0. The van der Waals surface area contributed by atoms with E-state index in [-0.39, 0.29) is 0 Å². The zero-order chi connectivity index (χ0) is 15.4. The third-order valence-corrected chi connectivity index (χ3v) is 4.56. The van der Waals surface area contributed by atoms with Crippen LogP contribution in [0.2, 0.25) is 0 Å². The molecule has 0 aliphatic rings. The molecule has 2 aromatic rings. The van der Waals surface area contributed by atoms with Crippen molar-refractivity contribution in [1.29, 1.82) is 0 Å². The molecule has 2 aromatic carbocycles. The molecule has 112 valence electrons. The molecule has 0 aliphatic heterocycles. The Kier molecular flexibility index (Phi) is 5.53. The zero-order valence-electron chi connectivity index (χ0n) is 12.0. The molecule has 0 spiro atoms. The monoisotopic (exact) mass is 413 g/mol. The van der Waals surface area contributed by atoms with Crippen molar-refractivity contribution in [2.24, 2.45) is 0 Å². The van der Waals surface area contributed by atoms with Gasteiger partial charge in [0, 0.05) is 15.0 Å². The number of hydrogen-bond donors (Lipinski definition) is 1. The number of benzene rings is 2. The number of halogens is 2. The summed E-state index contributed by atoms with van der Waals surface area (Å²) in [5.74, 6) is 1.62. The SMILES string of the molecule is COc1cc(CCc2cc(Br)c(N)c(Br)c2)cc(OC)c1. The van der Waals surface area contributed by atoms with E-state index < -0.39 is 0 Å². The Hall–Kier alpha value is -1.20. The lowest BCUT2D eigenvalue weighted by Gasteiger charge is -2.10. The predicted octanol–water partition coefficient (Wildman–Crippen LogP) is 4.60. The molecular formula is C16H17Br2NO2. The van der Waals surface area contributed by atoms with E-state index in [4.69, 9.17) is 15.2 Å². The number of nitrogens with two attached hydrogens (primary N) is 1. The largest absolute Gasteiger partial charge is 0.497 e. The fourth-order valence-corrected chi connectivity index (χ4v) is 3.36. The third-order valence-electron chi connectivity index (χ3n) is 3.25. The number of ether oxygens (including phenoxy) is 2. The fraction of sp³-hybridized carbons (Fsp3) is 0.250. The van der Waals surface area contributed by atoms with Gasteiger partial charge in [-0.2, -0.15) is 0 Å². The van der Waals surface area contributed by atoms with Crippen LogP contribution in [-0.2, 0) is 12.8 Å². The lowest BCUT2D eigenvalue weighted by Crippen LogP contribution is -1.96. The third kappa shape index (κ3) is 4.14. The number of aryl methyl sites for hydroxylation is 2. The number of hydrogen-bond acceptors (Lipinski definition) is 3. The van der Waals surface area contributed by atoms with Crippen LogP contribution in [0.4, 0.5) is 5.69 Å². The molecule has 5 heteroatoms. The van der Waals surface area contributed by atoms with Crippen LogP contribution < -0.4 is 15.2 Å². The molecule has 0 bridgehead atoms. The van der Waals surface area contributed by atoms with Crippen molar-refractivity contribution < 1.29 is 9.47 Å². The number of rotatable bonds is 5. The Morgan fingerprint density at radius 2 is 1.24 bits per heavy atom. The second-order valence-corrected chi connectivity index (χ2v) is 6.40. The second kappa shape index (κ2) is 7.18. The Morgan fingerprint density at radius 3 is 1.67 bits per heavy atom. The van der Waals surface area contributed by atoms with Crippen molar-refractivity contribution in [3.05, 3.63) is 50.4 Å². The van der Waals surface area contributed by atoms with Gasteiger partial charge in [-0.3, -0.25) is 0 Å². The molecule has 0 saturated heterocycles. The van der Waals surface area contributed by atoms with Gasteiger partial charge in [-0.1, -0.05) is 0 Å². The summed E-state index contributed by atoms with van der Waals surface area (Å²) in [6, 6.07) is 10.0. The highest BCUT2D eigenvalue weighted by Gasteiger charge is 2.06. The van der Waals surface area contributed by atoms with Crippen molar-refractivity contribution in [3.8, 4) is 11.5 Å². The maximum absolute atomic E-state index is 5.91. The summed E-state index contributed by atoms with van der Waals surface area (Å²) < 4.78 is 12.4. The molecule has 0 unspecified atom stereocenters. The first-order valence-corrected chi connectivity index (χ1v) is 8.07. The van der Waals surface area contributed by atoms with E-state index in [1.54, 1.807) is 14.2 Å². The van der Waals surface area contributed by atoms with Gasteiger partial charge in [0.2, 0.25) is 0 Å². The van der Waals surface area contributed by atoms with Crippen LogP contribution in [0, 0.1) is 0 Å². The van der Waals surface area contributed by atoms with Gasteiger partial charge in [0.05, 0.1) is 19.9 Å². The number of anilines is 1. The summed E-state index contributed by atoms with van der Waals surface area (Å²) in [6.07, 6.45) is 1.81. The molecular weight excluding hydrogens is 398 g/mol. The van der Waals surface area contributed by atoms with Crippen molar-refractivity contribution in [3.63, 3.8) is 0 Å². The van der Waals surface area contributed by atoms with E-state index in [9.17, 15) is 0 Å². The van der Waals surface area contributed by atoms with Gasteiger partial charge in [-0.25, -0.2) is 0 Å². The molecule has 3 nitrogen and oxygen atoms in total. The van der Waals surface area contributed by atoms with Gasteiger partial charge in [0.15, 0.2) is 0 Å². The second-order valence-electron chi connectivity index (χ2n) is 4.69. The summed E-state index contributed by atoms with van der Waals surface area (Å²) in [4.78, 5) is 0. The zero-order valence-corrected chi connectivity index (χ0v) is 15.1. The minimum atomic E-state index is 0.724. The van der Waals surface area contributed by atoms with E-state index in [1.807, 2.05) is 18.2 Å². The lowest BCUT2D eigenvalue weighted by molar-refractivity contribution is 0.393. The summed E-state index contributed by atoms with van der Waals surface area (Å²) in [7, 11) is 3.32. The Labute approximate surface area is 141 Å². The van der Waals surface area contributed by atoms with Crippen molar-refractivity contribution >= 4 is 37.5 Å². The quantitative estimate of drug-likeness (QED) is 0.727. The van der Waals surface area contributed by atoms with Gasteiger partial charge < -0.3 is 15.2 Å². The standard InChI is InChI=1S/C16H17Br2NO2/c1-20-12-5-10(6-13(9-12)21-2)3-4-11-7-14(17)16(19)15(18)8-11/h5-9H,3-4,19H2,1-2H3. The van der Waals surface area contributed by atoms with E-state index >= 15 is 0 Å². The van der Waals surface area contributed by atoms with E-state index in [0.29, 0.717) is 0 Å². The average Bonchev–Trinajstić information content (AvgIpc) is 2.49. The summed E-state index contributed by atoms with van der Waals surface area (Å²) in [6.45, 7) is 0. The molecule has 0 amide bonds. The first-order valence-electron chi connectivity index (χ1n) is 6.49. The van der Waals surface area contributed by atoms with Gasteiger partial charge in [-0.15, -0.1) is 0 Å². The Balaban J connectivity index is 2.16. The maximum atomic E-state index is 5.91. The van der Waals surface area contributed by atoms with Crippen LogP contribution >= 0.6 is 31.9 Å². The van der Waals surface area contributed by atoms with Crippen molar-refractivity contribution in [2.45, 2.75) is 12.8 Å². The van der Waals surface area contributed by atoms with Gasteiger partial charge >= 0.3 is 0 Å². The summed E-state index contributed by atoms with van der Waals surface area (Å²) in [5.41, 5.74) is 9.02. The van der Waals surface area contributed by atoms with Crippen LogP contribution in [0.5, 0.6) is 11.5 Å². The van der Waals surface area contributed by atoms with Crippen molar-refractivity contribution in [2.75, 3.05) is 20.0 Å². The topological polar surface area (TPSA) is 44.5 Å². The van der Waals surface area contributed by atoms with Crippen LogP contribution in [0.1, 0.15) is 11.1 Å². The molecule has 2 rings (SSSR count). The van der Waals surface area contributed by atoms with Crippen LogP contribution in [0.25, 0.3) is 0 Å². The fourth-order valence-electron chi connectivity index (χ4n) is 2.08. The molecule has 0 fully saturated rings. The van der Waals surface area contributed by atoms with Crippen LogP contribution in [-0.4, -0.2) is 14.2 Å². The molecule has 0 saturated carbocycles. The molecule has 21 heavy (non-hydrogen) atoms. The predicted molar refractivity (Wildman–Crippen MR) is 93.2 cm³/mol. The number of methoxy groups -OCH3 is 2. The van der Waals surface area contributed by atoms with Crippen molar-refractivity contribution in [1.82, 2.24) is 0 Å². The minimum Gasteiger partial charge on any atom is -0.497 e. The van der Waals surface area contributed by atoms with Crippen LogP contribution in [0.3, 0.4) is 0 Å². The summed E-state index contributed by atoms with van der Waals surface area (Å²) >= 11 is 6.95. The Morgan fingerprint density at radius 1 is 0.810 bits per heavy atom. The normalized spacial score (nSPS) is 10.5. The molecule has 0 aromatic heterocycles. The smallest absolute Gasteiger partial charge is 0.122 e. The highest BCUT2D eigenvalue weighted by atomic mass is 79.9. The molecule has 0 aliphatic carbocycles. The first-order chi connectivity index (χ1) is 10.0. The molecule has 0 atom stereocenters. The van der Waals surface area contributed by atoms with E-state index in [2.05, 4.69) is 44.0 Å².